The van der Waals surface area contributed by atoms with Crippen LogP contribution < -0.4 is 14.8 Å². The number of aromatic nitrogens is 4. The van der Waals surface area contributed by atoms with Gasteiger partial charge in [0.15, 0.2) is 11.5 Å². The van der Waals surface area contributed by atoms with Crippen LogP contribution in [-0.4, -0.2) is 38.2 Å². The summed E-state index contributed by atoms with van der Waals surface area (Å²) in [6, 6.07) is 7.80. The Kier molecular flexibility index (Phi) is 7.02. The number of nitrogens with zero attached hydrogens (tertiary/aromatic N) is 5. The summed E-state index contributed by atoms with van der Waals surface area (Å²) in [5, 5.41) is 14.7. The lowest BCUT2D eigenvalue weighted by atomic mass is 10.2. The maximum absolute atomic E-state index is 13.5. The van der Waals surface area contributed by atoms with Crippen LogP contribution >= 0.6 is 11.6 Å². The molecule has 0 bridgehead atoms. The molecule has 4 aromatic rings. The van der Waals surface area contributed by atoms with Crippen molar-refractivity contribution in [2.75, 3.05) is 19.0 Å². The Balaban J connectivity index is 1.47. The second-order valence-electron chi connectivity index (χ2n) is 7.23. The Labute approximate surface area is 198 Å². The van der Waals surface area contributed by atoms with Crippen LogP contribution in [-0.2, 0) is 6.54 Å². The number of rotatable bonds is 10. The fourth-order valence-electron chi connectivity index (χ4n) is 3.36. The molecule has 0 aliphatic carbocycles. The van der Waals surface area contributed by atoms with Crippen molar-refractivity contribution in [3.05, 3.63) is 70.0 Å². The Morgan fingerprint density at radius 3 is 2.79 bits per heavy atom. The van der Waals surface area contributed by atoms with Gasteiger partial charge in [0.1, 0.15) is 30.4 Å². The van der Waals surface area contributed by atoms with Gasteiger partial charge in [-0.15, -0.1) is 0 Å². The minimum absolute atomic E-state index is 0.00456. The van der Waals surface area contributed by atoms with E-state index in [1.807, 2.05) is 0 Å². The molecule has 0 aliphatic rings. The van der Waals surface area contributed by atoms with Crippen LogP contribution in [0.2, 0.25) is 5.02 Å². The van der Waals surface area contributed by atoms with Crippen molar-refractivity contribution in [1.82, 2.24) is 19.5 Å². The SMILES string of the molecule is COc1cc2ncnc(Nc3ccc(F)c(Cl)c3)c2cc1OCCCCn1ccnc1[N+](=O)[O-]. The molecule has 0 atom stereocenters. The van der Waals surface area contributed by atoms with Crippen molar-refractivity contribution in [2.24, 2.45) is 0 Å². The number of methoxy groups -OCH3 is 1. The maximum atomic E-state index is 13.5. The number of ether oxygens (including phenoxy) is 2. The van der Waals surface area contributed by atoms with E-state index < -0.39 is 10.7 Å². The van der Waals surface area contributed by atoms with Crippen LogP contribution in [0, 0.1) is 15.9 Å². The van der Waals surface area contributed by atoms with Crippen LogP contribution in [0.5, 0.6) is 11.5 Å². The molecule has 0 aliphatic heterocycles. The largest absolute Gasteiger partial charge is 0.493 e. The number of nitrogens with one attached hydrogen (secondary N) is 1. The van der Waals surface area contributed by atoms with Gasteiger partial charge in [-0.25, -0.2) is 18.9 Å². The van der Waals surface area contributed by atoms with Crippen LogP contribution in [0.4, 0.5) is 21.8 Å². The van der Waals surface area contributed by atoms with Crippen LogP contribution in [0.15, 0.2) is 49.1 Å². The highest BCUT2D eigenvalue weighted by Crippen LogP contribution is 2.35. The van der Waals surface area contributed by atoms with Crippen LogP contribution in [0.1, 0.15) is 12.8 Å². The van der Waals surface area contributed by atoms with Gasteiger partial charge in [0.2, 0.25) is 0 Å². The van der Waals surface area contributed by atoms with Crippen LogP contribution in [0.25, 0.3) is 10.9 Å². The van der Waals surface area contributed by atoms with Gasteiger partial charge in [0.25, 0.3) is 0 Å². The lowest BCUT2D eigenvalue weighted by molar-refractivity contribution is -0.396. The smallest absolute Gasteiger partial charge is 0.434 e. The maximum Gasteiger partial charge on any atom is 0.434 e. The van der Waals surface area contributed by atoms with Crippen molar-refractivity contribution >= 4 is 40.0 Å². The quantitative estimate of drug-likeness (QED) is 0.186. The molecule has 10 nitrogen and oxygen atoms in total. The van der Waals surface area contributed by atoms with Crippen molar-refractivity contribution < 1.29 is 18.8 Å². The molecule has 0 spiro atoms. The van der Waals surface area contributed by atoms with Gasteiger partial charge in [-0.1, -0.05) is 16.6 Å². The zero-order valence-electron chi connectivity index (χ0n) is 18.1. The predicted octanol–water partition coefficient (Wildman–Crippen LogP) is 5.14. The number of unbranched alkanes of at least 4 members (excludes halogenated alkanes) is 1. The lowest BCUT2D eigenvalue weighted by Gasteiger charge is -2.14. The number of hydrogen-bond donors (Lipinski definition) is 1. The average Bonchev–Trinajstić information content (AvgIpc) is 3.30. The van der Waals surface area contributed by atoms with Crippen molar-refractivity contribution in [2.45, 2.75) is 19.4 Å². The topological polar surface area (TPSA) is 117 Å². The van der Waals surface area contributed by atoms with E-state index in [4.69, 9.17) is 21.1 Å². The molecule has 2 aromatic heterocycles. The number of hydrogen-bond acceptors (Lipinski definition) is 8. The third-order valence-corrected chi connectivity index (χ3v) is 5.30. The van der Waals surface area contributed by atoms with Gasteiger partial charge in [-0.3, -0.25) is 0 Å². The summed E-state index contributed by atoms with van der Waals surface area (Å²) in [7, 11) is 1.53. The second-order valence-corrected chi connectivity index (χ2v) is 7.64. The first-order valence-electron chi connectivity index (χ1n) is 10.3. The number of anilines is 2. The van der Waals surface area contributed by atoms with E-state index in [0.717, 1.165) is 0 Å². The van der Waals surface area contributed by atoms with Gasteiger partial charge in [0, 0.05) is 17.1 Å². The predicted molar refractivity (Wildman–Crippen MR) is 124 cm³/mol. The van der Waals surface area contributed by atoms with Crippen molar-refractivity contribution in [1.29, 1.82) is 0 Å². The molecule has 2 heterocycles. The molecule has 0 fully saturated rings. The number of benzene rings is 2. The fraction of sp³-hybridized carbons (Fsp3) is 0.227. The molecule has 0 saturated carbocycles. The van der Waals surface area contributed by atoms with E-state index in [1.54, 1.807) is 24.4 Å². The Hall–Kier alpha value is -3.99. The highest BCUT2D eigenvalue weighted by molar-refractivity contribution is 6.31. The standard InChI is InChI=1S/C22H20ClFN6O4/c1-33-19-12-18-15(21(27-13-26-18)28-14-4-5-17(24)16(23)10-14)11-20(19)34-9-3-2-7-29-8-6-25-22(29)30(31)32/h4-6,8,10-13H,2-3,7,9H2,1H3,(H,26,27,28). The number of nitro groups is 1. The molecular weight excluding hydrogens is 467 g/mol. The number of fused-ring (bicyclic) bond motifs is 1. The van der Waals surface area contributed by atoms with E-state index in [9.17, 15) is 14.5 Å². The summed E-state index contributed by atoms with van der Waals surface area (Å²) < 4.78 is 26.4. The minimum Gasteiger partial charge on any atom is -0.493 e. The summed E-state index contributed by atoms with van der Waals surface area (Å²) in [6.07, 6.45) is 5.71. The van der Waals surface area contributed by atoms with Crippen molar-refractivity contribution in [3.8, 4) is 11.5 Å². The highest BCUT2D eigenvalue weighted by Gasteiger charge is 2.14. The average molecular weight is 487 g/mol. The van der Waals surface area contributed by atoms with Crippen LogP contribution in [0.3, 0.4) is 0 Å². The van der Waals surface area contributed by atoms with E-state index in [1.165, 1.54) is 36.3 Å². The monoisotopic (exact) mass is 486 g/mol. The summed E-state index contributed by atoms with van der Waals surface area (Å²) in [6.45, 7) is 0.824. The molecule has 4 rings (SSSR count). The Bertz CT molecular complexity index is 1330. The van der Waals surface area contributed by atoms with Gasteiger partial charge in [-0.05, 0) is 42.0 Å². The molecular formula is C22H20ClFN6O4. The minimum atomic E-state index is -0.511. The summed E-state index contributed by atoms with van der Waals surface area (Å²) in [4.78, 5) is 22.8. The number of halogens is 2. The highest BCUT2D eigenvalue weighted by atomic mass is 35.5. The van der Waals surface area contributed by atoms with Crippen molar-refractivity contribution in [3.63, 3.8) is 0 Å². The van der Waals surface area contributed by atoms with Gasteiger partial charge < -0.3 is 24.9 Å². The third-order valence-electron chi connectivity index (χ3n) is 5.01. The fourth-order valence-corrected chi connectivity index (χ4v) is 3.54. The lowest BCUT2D eigenvalue weighted by Crippen LogP contribution is -2.05. The number of imidazole rings is 1. The van der Waals surface area contributed by atoms with E-state index in [0.29, 0.717) is 59.9 Å². The first-order chi connectivity index (χ1) is 16.5. The first kappa shape index (κ1) is 23.2. The second kappa shape index (κ2) is 10.3. The van der Waals surface area contributed by atoms with Gasteiger partial charge in [-0.2, -0.15) is 0 Å². The van der Waals surface area contributed by atoms with E-state index in [2.05, 4.69) is 20.3 Å². The normalized spacial score (nSPS) is 10.9. The summed E-state index contributed by atoms with van der Waals surface area (Å²) >= 11 is 5.88. The molecule has 1 N–H and O–H groups in total. The van der Waals surface area contributed by atoms with Gasteiger partial charge >= 0.3 is 5.95 Å². The van der Waals surface area contributed by atoms with E-state index in [-0.39, 0.29) is 11.0 Å². The number of aryl methyl sites for hydroxylation is 1. The molecule has 34 heavy (non-hydrogen) atoms. The third kappa shape index (κ3) is 5.15. The molecule has 12 heteroatoms. The zero-order chi connectivity index (χ0) is 24.1. The zero-order valence-corrected chi connectivity index (χ0v) is 18.8. The first-order valence-corrected chi connectivity index (χ1v) is 10.7. The molecule has 2 aromatic carbocycles. The summed E-state index contributed by atoms with van der Waals surface area (Å²) in [5.74, 6) is 0.806. The molecule has 0 saturated heterocycles. The molecule has 176 valence electrons. The molecule has 0 unspecified atom stereocenters. The Morgan fingerprint density at radius 2 is 2.03 bits per heavy atom. The summed E-state index contributed by atoms with van der Waals surface area (Å²) in [5.41, 5.74) is 1.20. The molecule has 0 amide bonds. The molecule has 0 radical (unpaired) electrons. The van der Waals surface area contributed by atoms with Gasteiger partial charge in [0.05, 0.1) is 30.8 Å². The van der Waals surface area contributed by atoms with E-state index >= 15 is 0 Å². The Morgan fingerprint density at radius 1 is 1.18 bits per heavy atom.